The van der Waals surface area contributed by atoms with Gasteiger partial charge in [-0.15, -0.1) is 0 Å². The van der Waals surface area contributed by atoms with Gasteiger partial charge in [-0.2, -0.15) is 0 Å². The number of hydrogen-bond donors (Lipinski definition) is 2. The Kier molecular flexibility index (Phi) is 6.29. The van der Waals surface area contributed by atoms with E-state index in [1.54, 1.807) is 11.9 Å². The summed E-state index contributed by atoms with van der Waals surface area (Å²) in [6.07, 6.45) is 4.79. The molecule has 2 rings (SSSR count). The summed E-state index contributed by atoms with van der Waals surface area (Å²) in [6, 6.07) is -0.0478. The van der Waals surface area contributed by atoms with Crippen molar-refractivity contribution in [1.29, 1.82) is 0 Å². The quantitative estimate of drug-likeness (QED) is 0.812. The number of nitrogens with one attached hydrogen (secondary N) is 2. The molecule has 0 aromatic carbocycles. The van der Waals surface area contributed by atoms with Gasteiger partial charge < -0.3 is 20.3 Å². The minimum Gasteiger partial charge on any atom is -0.381 e. The second-order valence-corrected chi connectivity index (χ2v) is 5.95. The van der Waals surface area contributed by atoms with Crippen LogP contribution in [0.25, 0.3) is 0 Å². The van der Waals surface area contributed by atoms with Crippen molar-refractivity contribution in [1.82, 2.24) is 15.5 Å². The van der Waals surface area contributed by atoms with E-state index < -0.39 is 0 Å². The van der Waals surface area contributed by atoms with E-state index in [0.717, 1.165) is 51.9 Å². The number of nitrogens with zero attached hydrogens (tertiary/aromatic N) is 1. The number of rotatable bonds is 4. The minimum absolute atomic E-state index is 0.0478. The van der Waals surface area contributed by atoms with E-state index in [4.69, 9.17) is 4.74 Å². The highest BCUT2D eigenvalue weighted by molar-refractivity contribution is 5.79. The van der Waals surface area contributed by atoms with Crippen LogP contribution in [0.1, 0.15) is 32.1 Å². The number of hydrogen-bond acceptors (Lipinski definition) is 3. The zero-order valence-electron chi connectivity index (χ0n) is 12.9. The number of urea groups is 1. The molecule has 0 unspecified atom stereocenters. The lowest BCUT2D eigenvalue weighted by Crippen LogP contribution is -2.46. The van der Waals surface area contributed by atoms with Crippen molar-refractivity contribution in [2.24, 2.45) is 11.8 Å². The number of amides is 3. The summed E-state index contributed by atoms with van der Waals surface area (Å²) in [5.74, 6) is 0.897. The molecule has 120 valence electrons. The Morgan fingerprint density at radius 1 is 1.14 bits per heavy atom. The highest BCUT2D eigenvalue weighted by atomic mass is 16.5. The number of likely N-dealkylation sites (tertiary alicyclic amines) is 1. The van der Waals surface area contributed by atoms with Gasteiger partial charge >= 0.3 is 6.03 Å². The molecule has 0 aromatic heterocycles. The van der Waals surface area contributed by atoms with E-state index in [2.05, 4.69) is 10.6 Å². The van der Waals surface area contributed by atoms with Crippen molar-refractivity contribution in [3.05, 3.63) is 0 Å². The lowest BCUT2D eigenvalue weighted by Gasteiger charge is -2.31. The highest BCUT2D eigenvalue weighted by Gasteiger charge is 2.26. The van der Waals surface area contributed by atoms with Gasteiger partial charge in [-0.05, 0) is 38.0 Å². The van der Waals surface area contributed by atoms with Crippen LogP contribution in [0.2, 0.25) is 0 Å². The Morgan fingerprint density at radius 2 is 1.81 bits per heavy atom. The third-order valence-corrected chi connectivity index (χ3v) is 4.56. The standard InChI is InChI=1S/C15H27N3O3/c1-16-15(20)18-8-3-13(4-9-18)14(19)17-7-2-12-5-10-21-11-6-12/h12-13H,2-11H2,1H3,(H,16,20)(H,17,19). The normalized spacial score (nSPS) is 21.1. The van der Waals surface area contributed by atoms with E-state index in [1.165, 1.54) is 0 Å². The molecule has 2 aliphatic rings. The summed E-state index contributed by atoms with van der Waals surface area (Å²) in [5, 5.41) is 5.68. The molecule has 0 radical (unpaired) electrons. The fourth-order valence-electron chi connectivity index (χ4n) is 3.08. The molecular weight excluding hydrogens is 270 g/mol. The van der Waals surface area contributed by atoms with Crippen molar-refractivity contribution in [3.63, 3.8) is 0 Å². The largest absolute Gasteiger partial charge is 0.381 e. The molecule has 0 saturated carbocycles. The molecule has 0 aliphatic carbocycles. The Balaban J connectivity index is 1.62. The average Bonchev–Trinajstić information content (AvgIpc) is 2.55. The van der Waals surface area contributed by atoms with Crippen molar-refractivity contribution >= 4 is 11.9 Å². The molecule has 2 aliphatic heterocycles. The average molecular weight is 297 g/mol. The van der Waals surface area contributed by atoms with Crippen molar-refractivity contribution in [2.75, 3.05) is 39.9 Å². The van der Waals surface area contributed by atoms with Gasteiger partial charge in [0.2, 0.25) is 5.91 Å². The van der Waals surface area contributed by atoms with E-state index in [-0.39, 0.29) is 17.9 Å². The zero-order chi connectivity index (χ0) is 15.1. The van der Waals surface area contributed by atoms with Crippen LogP contribution in [0.4, 0.5) is 4.79 Å². The van der Waals surface area contributed by atoms with Crippen LogP contribution < -0.4 is 10.6 Å². The van der Waals surface area contributed by atoms with Crippen molar-refractivity contribution < 1.29 is 14.3 Å². The van der Waals surface area contributed by atoms with E-state index in [9.17, 15) is 9.59 Å². The second kappa shape index (κ2) is 8.22. The lowest BCUT2D eigenvalue weighted by atomic mass is 9.95. The van der Waals surface area contributed by atoms with Crippen LogP contribution in [0.5, 0.6) is 0 Å². The maximum atomic E-state index is 12.1. The van der Waals surface area contributed by atoms with Crippen LogP contribution in [0, 0.1) is 11.8 Å². The number of carbonyl (C=O) groups is 2. The van der Waals surface area contributed by atoms with Gasteiger partial charge in [0.15, 0.2) is 0 Å². The summed E-state index contributed by atoms with van der Waals surface area (Å²) in [5.41, 5.74) is 0. The molecule has 2 N–H and O–H groups in total. The van der Waals surface area contributed by atoms with E-state index >= 15 is 0 Å². The molecule has 2 saturated heterocycles. The molecule has 2 heterocycles. The van der Waals surface area contributed by atoms with Crippen molar-refractivity contribution in [3.8, 4) is 0 Å². The molecule has 2 fully saturated rings. The predicted molar refractivity (Wildman–Crippen MR) is 79.9 cm³/mol. The Morgan fingerprint density at radius 3 is 2.43 bits per heavy atom. The molecule has 0 atom stereocenters. The molecular formula is C15H27N3O3. The molecule has 6 heteroatoms. The first-order valence-electron chi connectivity index (χ1n) is 8.03. The maximum Gasteiger partial charge on any atom is 0.317 e. The van der Waals surface area contributed by atoms with E-state index in [0.29, 0.717) is 19.0 Å². The van der Waals surface area contributed by atoms with E-state index in [1.807, 2.05) is 0 Å². The molecule has 0 aromatic rings. The third-order valence-electron chi connectivity index (χ3n) is 4.56. The summed E-state index contributed by atoms with van der Waals surface area (Å²) in [7, 11) is 1.64. The fourth-order valence-corrected chi connectivity index (χ4v) is 3.08. The Labute approximate surface area is 126 Å². The van der Waals surface area contributed by atoms with Gasteiger partial charge in [0.25, 0.3) is 0 Å². The number of piperidine rings is 1. The number of carbonyl (C=O) groups excluding carboxylic acids is 2. The summed E-state index contributed by atoms with van der Waals surface area (Å²) in [4.78, 5) is 25.4. The van der Waals surface area contributed by atoms with Crippen LogP contribution in [-0.2, 0) is 9.53 Å². The summed E-state index contributed by atoms with van der Waals surface area (Å²) in [6.45, 7) is 3.81. The monoisotopic (exact) mass is 297 g/mol. The van der Waals surface area contributed by atoms with Gasteiger partial charge in [-0.3, -0.25) is 4.79 Å². The van der Waals surface area contributed by atoms with Crippen molar-refractivity contribution in [2.45, 2.75) is 32.1 Å². The predicted octanol–water partition coefficient (Wildman–Crippen LogP) is 0.971. The minimum atomic E-state index is -0.0478. The van der Waals surface area contributed by atoms with Crippen LogP contribution >= 0.6 is 0 Å². The second-order valence-electron chi connectivity index (χ2n) is 5.95. The smallest absolute Gasteiger partial charge is 0.317 e. The first kappa shape index (κ1) is 16.1. The fraction of sp³-hybridized carbons (Fsp3) is 0.867. The van der Waals surface area contributed by atoms with Gasteiger partial charge in [0, 0.05) is 45.8 Å². The SMILES string of the molecule is CNC(=O)N1CCC(C(=O)NCCC2CCOCC2)CC1. The first-order chi connectivity index (χ1) is 10.2. The Hall–Kier alpha value is -1.30. The van der Waals surface area contributed by atoms with Gasteiger partial charge in [-0.25, -0.2) is 4.79 Å². The van der Waals surface area contributed by atoms with Crippen LogP contribution in [-0.4, -0.2) is 56.7 Å². The molecule has 3 amide bonds. The van der Waals surface area contributed by atoms with Gasteiger partial charge in [0.05, 0.1) is 0 Å². The lowest BCUT2D eigenvalue weighted by molar-refractivity contribution is -0.126. The molecule has 0 bridgehead atoms. The Bertz CT molecular complexity index is 348. The first-order valence-corrected chi connectivity index (χ1v) is 8.03. The summed E-state index contributed by atoms with van der Waals surface area (Å²) >= 11 is 0. The molecule has 6 nitrogen and oxygen atoms in total. The van der Waals surface area contributed by atoms with Crippen LogP contribution in [0.15, 0.2) is 0 Å². The topological polar surface area (TPSA) is 70.7 Å². The van der Waals surface area contributed by atoms with Gasteiger partial charge in [0.1, 0.15) is 0 Å². The van der Waals surface area contributed by atoms with Gasteiger partial charge in [-0.1, -0.05) is 0 Å². The molecule has 0 spiro atoms. The maximum absolute atomic E-state index is 12.1. The third kappa shape index (κ3) is 4.88. The number of ether oxygens (including phenoxy) is 1. The zero-order valence-corrected chi connectivity index (χ0v) is 12.9. The van der Waals surface area contributed by atoms with Crippen LogP contribution in [0.3, 0.4) is 0 Å². The summed E-state index contributed by atoms with van der Waals surface area (Å²) < 4.78 is 5.34. The highest BCUT2D eigenvalue weighted by Crippen LogP contribution is 2.19. The molecule has 21 heavy (non-hydrogen) atoms.